The molecule has 0 unspecified atom stereocenters. The predicted molar refractivity (Wildman–Crippen MR) is 111 cm³/mol. The number of aromatic hydroxyl groups is 3. The van der Waals surface area contributed by atoms with Gasteiger partial charge in [-0.2, -0.15) is 0 Å². The van der Waals surface area contributed by atoms with Crippen molar-refractivity contribution in [3.05, 3.63) is 87.4 Å². The molecule has 0 heterocycles. The molecule has 0 aliphatic rings. The Morgan fingerprint density at radius 2 is 1.66 bits per heavy atom. The monoisotopic (exact) mass is 412 g/mol. The number of hydrogen-bond donors (Lipinski definition) is 3. The quantitative estimate of drug-likeness (QED) is 0.514. The second-order valence-electron chi connectivity index (χ2n) is 6.69. The molecule has 0 fully saturated rings. The topological polar surface area (TPSA) is 87.0 Å². The summed E-state index contributed by atoms with van der Waals surface area (Å²) in [6.07, 6.45) is 1.40. The number of carbonyl (C=O) groups excluding carboxylic acids is 1. The van der Waals surface area contributed by atoms with Gasteiger partial charge in [-0.15, -0.1) is 0 Å². The van der Waals surface area contributed by atoms with Crippen molar-refractivity contribution in [3.63, 3.8) is 0 Å². The first-order valence-corrected chi connectivity index (χ1v) is 9.44. The molecule has 6 heteroatoms. The molecule has 3 aromatic carbocycles. The van der Waals surface area contributed by atoms with Gasteiger partial charge < -0.3 is 20.1 Å². The van der Waals surface area contributed by atoms with Crippen LogP contribution < -0.4 is 0 Å². The maximum absolute atomic E-state index is 12.1. The van der Waals surface area contributed by atoms with Gasteiger partial charge in [-0.1, -0.05) is 48.0 Å². The van der Waals surface area contributed by atoms with Crippen LogP contribution in [0.2, 0.25) is 5.02 Å². The molecule has 0 aromatic heterocycles. The largest absolute Gasteiger partial charge is 0.508 e. The van der Waals surface area contributed by atoms with Gasteiger partial charge in [0.15, 0.2) is 0 Å². The number of aryl methyl sites for hydroxylation is 1. The van der Waals surface area contributed by atoms with Crippen LogP contribution in [0.25, 0.3) is 0 Å². The number of rotatable bonds is 6. The number of esters is 1. The first kappa shape index (κ1) is 20.6. The molecule has 3 rings (SSSR count). The second-order valence-corrected chi connectivity index (χ2v) is 7.07. The average Bonchev–Trinajstić information content (AvgIpc) is 2.71. The predicted octanol–water partition coefficient (Wildman–Crippen LogP) is 4.62. The summed E-state index contributed by atoms with van der Waals surface area (Å²) in [5, 5.41) is 30.0. The van der Waals surface area contributed by atoms with Crippen LogP contribution >= 0.6 is 11.6 Å². The van der Waals surface area contributed by atoms with Gasteiger partial charge in [-0.05, 0) is 53.6 Å². The van der Waals surface area contributed by atoms with Crippen LogP contribution in [0.15, 0.2) is 54.6 Å². The molecule has 0 amide bonds. The molecule has 0 saturated carbocycles. The molecule has 0 aliphatic carbocycles. The molecule has 0 atom stereocenters. The summed E-state index contributed by atoms with van der Waals surface area (Å²) in [6.45, 7) is 0. The molecule has 5 nitrogen and oxygen atoms in total. The van der Waals surface area contributed by atoms with E-state index in [1.165, 1.54) is 7.11 Å². The van der Waals surface area contributed by atoms with Crippen molar-refractivity contribution in [1.82, 2.24) is 0 Å². The van der Waals surface area contributed by atoms with Gasteiger partial charge in [0, 0.05) is 6.07 Å². The van der Waals surface area contributed by atoms with Crippen molar-refractivity contribution in [2.75, 3.05) is 7.11 Å². The lowest BCUT2D eigenvalue weighted by molar-refractivity contribution is 0.0596. The fourth-order valence-corrected chi connectivity index (χ4v) is 3.59. The summed E-state index contributed by atoms with van der Waals surface area (Å²) in [6, 6.07) is 16.0. The summed E-state index contributed by atoms with van der Waals surface area (Å²) in [4.78, 5) is 12.1. The van der Waals surface area contributed by atoms with Crippen molar-refractivity contribution in [2.24, 2.45) is 0 Å². The number of phenols is 3. The lowest BCUT2D eigenvalue weighted by Crippen LogP contribution is -2.09. The van der Waals surface area contributed by atoms with Crippen molar-refractivity contribution in [3.8, 4) is 17.2 Å². The van der Waals surface area contributed by atoms with E-state index in [4.69, 9.17) is 16.3 Å². The summed E-state index contributed by atoms with van der Waals surface area (Å²) >= 11 is 6.22. The molecular formula is C23H21ClO5. The van der Waals surface area contributed by atoms with E-state index < -0.39 is 5.97 Å². The molecule has 0 bridgehead atoms. The third-order valence-corrected chi connectivity index (χ3v) is 5.20. The zero-order valence-corrected chi connectivity index (χ0v) is 16.6. The van der Waals surface area contributed by atoms with Crippen LogP contribution in [0, 0.1) is 0 Å². The molecule has 0 spiro atoms. The lowest BCUT2D eigenvalue weighted by Gasteiger charge is -2.15. The molecule has 0 radical (unpaired) electrons. The summed E-state index contributed by atoms with van der Waals surface area (Å²) < 4.78 is 4.75. The fraction of sp³-hybridized carbons (Fsp3) is 0.174. The Morgan fingerprint density at radius 1 is 0.931 bits per heavy atom. The van der Waals surface area contributed by atoms with Gasteiger partial charge in [0.2, 0.25) is 0 Å². The van der Waals surface area contributed by atoms with Crippen molar-refractivity contribution >= 4 is 17.6 Å². The Kier molecular flexibility index (Phi) is 6.29. The molecule has 150 valence electrons. The van der Waals surface area contributed by atoms with E-state index >= 15 is 0 Å². The molecular weight excluding hydrogens is 392 g/mol. The number of carbonyl (C=O) groups is 1. The van der Waals surface area contributed by atoms with Crippen molar-refractivity contribution < 1.29 is 24.9 Å². The van der Waals surface area contributed by atoms with E-state index in [-0.39, 0.29) is 34.3 Å². The van der Waals surface area contributed by atoms with Crippen LogP contribution in [0.1, 0.15) is 32.6 Å². The molecule has 0 saturated heterocycles. The number of hydrogen-bond acceptors (Lipinski definition) is 5. The van der Waals surface area contributed by atoms with E-state index in [2.05, 4.69) is 0 Å². The molecule has 29 heavy (non-hydrogen) atoms. The number of benzene rings is 3. The highest BCUT2D eigenvalue weighted by Crippen LogP contribution is 2.37. The Bertz CT molecular complexity index is 1030. The van der Waals surface area contributed by atoms with E-state index in [1.54, 1.807) is 12.1 Å². The minimum atomic E-state index is -0.727. The van der Waals surface area contributed by atoms with E-state index in [9.17, 15) is 20.1 Å². The number of phenolic OH excluding ortho intramolecular Hbond substituents is 3. The average molecular weight is 413 g/mol. The highest BCUT2D eigenvalue weighted by molar-refractivity contribution is 6.33. The zero-order valence-electron chi connectivity index (χ0n) is 15.9. The minimum Gasteiger partial charge on any atom is -0.508 e. The smallest absolute Gasteiger partial charge is 0.341 e. The van der Waals surface area contributed by atoms with E-state index in [1.807, 2.05) is 36.4 Å². The molecule has 3 N–H and O–H groups in total. The summed E-state index contributed by atoms with van der Waals surface area (Å²) in [7, 11) is 1.21. The van der Waals surface area contributed by atoms with Crippen molar-refractivity contribution in [1.29, 1.82) is 0 Å². The Morgan fingerprint density at radius 3 is 2.34 bits per heavy atom. The second kappa shape index (κ2) is 8.88. The van der Waals surface area contributed by atoms with Gasteiger partial charge in [0.1, 0.15) is 22.8 Å². The highest BCUT2D eigenvalue weighted by atomic mass is 35.5. The van der Waals surface area contributed by atoms with Crippen LogP contribution in [0.3, 0.4) is 0 Å². The molecule has 0 aliphatic heterocycles. The van der Waals surface area contributed by atoms with Gasteiger partial charge in [0.25, 0.3) is 0 Å². The van der Waals surface area contributed by atoms with Gasteiger partial charge in [0.05, 0.1) is 12.1 Å². The highest BCUT2D eigenvalue weighted by Gasteiger charge is 2.23. The van der Waals surface area contributed by atoms with Crippen molar-refractivity contribution in [2.45, 2.75) is 19.3 Å². The Hall–Kier alpha value is -3.18. The van der Waals surface area contributed by atoms with Crippen LogP contribution in [-0.4, -0.2) is 28.4 Å². The Balaban J connectivity index is 1.94. The van der Waals surface area contributed by atoms with E-state index in [0.29, 0.717) is 18.4 Å². The van der Waals surface area contributed by atoms with E-state index in [0.717, 1.165) is 22.8 Å². The zero-order chi connectivity index (χ0) is 21.0. The van der Waals surface area contributed by atoms with Gasteiger partial charge in [-0.25, -0.2) is 4.79 Å². The number of halogens is 1. The third kappa shape index (κ3) is 4.63. The SMILES string of the molecule is COC(=O)c1c(O)cc(O)c(Cl)c1CCc1ccc(O)cc1Cc1ccccc1. The normalized spacial score (nSPS) is 10.7. The third-order valence-electron chi connectivity index (χ3n) is 4.78. The van der Waals surface area contributed by atoms with Crippen LogP contribution in [0.5, 0.6) is 17.2 Å². The van der Waals surface area contributed by atoms with Gasteiger partial charge >= 0.3 is 5.97 Å². The van der Waals surface area contributed by atoms with Crippen LogP contribution in [-0.2, 0) is 24.0 Å². The first-order valence-electron chi connectivity index (χ1n) is 9.07. The van der Waals surface area contributed by atoms with Gasteiger partial charge in [-0.3, -0.25) is 0 Å². The maximum Gasteiger partial charge on any atom is 0.341 e. The summed E-state index contributed by atoms with van der Waals surface area (Å²) in [5.74, 6) is -1.25. The minimum absolute atomic E-state index is 0.00610. The van der Waals surface area contributed by atoms with Crippen LogP contribution in [0.4, 0.5) is 0 Å². The lowest BCUT2D eigenvalue weighted by atomic mass is 9.93. The first-order chi connectivity index (χ1) is 13.9. The Labute approximate surface area is 173 Å². The summed E-state index contributed by atoms with van der Waals surface area (Å²) in [5.41, 5.74) is 3.26. The fourth-order valence-electron chi connectivity index (χ4n) is 3.34. The standard InChI is InChI=1S/C23H21ClO5/c1-29-23(28)21-18(22(24)20(27)13-19(21)26)10-8-15-7-9-17(25)12-16(15)11-14-5-3-2-4-6-14/h2-7,9,12-13,25-27H,8,10-11H2,1H3. The molecule has 3 aromatic rings. The maximum atomic E-state index is 12.1. The number of ether oxygens (including phenoxy) is 1. The number of methoxy groups -OCH3 is 1.